The van der Waals surface area contributed by atoms with Crippen LogP contribution in [0.25, 0.3) is 0 Å². The van der Waals surface area contributed by atoms with Gasteiger partial charge in [-0.05, 0) is 32.1 Å². The fourth-order valence-electron chi connectivity index (χ4n) is 2.03. The molecule has 1 atom stereocenters. The van der Waals surface area contributed by atoms with E-state index in [1.807, 2.05) is 0 Å². The Morgan fingerprint density at radius 1 is 1.25 bits per heavy atom. The molecule has 2 N–H and O–H groups in total. The van der Waals surface area contributed by atoms with Gasteiger partial charge in [0.25, 0.3) is 0 Å². The van der Waals surface area contributed by atoms with E-state index in [2.05, 4.69) is 5.32 Å². The number of nitrogens with one attached hydrogen (secondary N) is 1. The van der Waals surface area contributed by atoms with E-state index in [0.29, 0.717) is 12.1 Å². The molecule has 1 heterocycles. The first-order valence-electron chi connectivity index (χ1n) is 6.44. The molecule has 0 aromatic rings. The van der Waals surface area contributed by atoms with Crippen molar-refractivity contribution < 1.29 is 14.6 Å². The lowest BCUT2D eigenvalue weighted by Gasteiger charge is -2.23. The quantitative estimate of drug-likeness (QED) is 0.674. The maximum Gasteiger partial charge on any atom is 0.0619 e. The number of aliphatic hydroxyl groups excluding tert-OH is 1. The first-order chi connectivity index (χ1) is 7.88. The zero-order valence-electron chi connectivity index (χ0n) is 9.86. The average Bonchev–Trinajstić information content (AvgIpc) is 3.13. The van der Waals surface area contributed by atoms with Crippen LogP contribution in [0.3, 0.4) is 0 Å². The Balaban J connectivity index is 1.54. The van der Waals surface area contributed by atoms with Crippen molar-refractivity contribution in [2.45, 2.75) is 50.3 Å². The second-order valence-corrected chi connectivity index (χ2v) is 4.79. The highest BCUT2D eigenvalue weighted by atomic mass is 16.5. The first kappa shape index (κ1) is 12.3. The number of rotatable bonds is 7. The molecule has 16 heavy (non-hydrogen) atoms. The third kappa shape index (κ3) is 4.37. The molecule has 1 unspecified atom stereocenters. The van der Waals surface area contributed by atoms with Gasteiger partial charge in [0.1, 0.15) is 0 Å². The van der Waals surface area contributed by atoms with Gasteiger partial charge in [0.2, 0.25) is 0 Å². The largest absolute Gasteiger partial charge is 0.395 e. The van der Waals surface area contributed by atoms with Crippen molar-refractivity contribution in [3.05, 3.63) is 0 Å². The molecule has 2 aliphatic rings. The predicted molar refractivity (Wildman–Crippen MR) is 61.4 cm³/mol. The van der Waals surface area contributed by atoms with Crippen LogP contribution in [0, 0.1) is 0 Å². The van der Waals surface area contributed by atoms with Crippen LogP contribution >= 0.6 is 0 Å². The SMILES string of the molecule is OCC(CCOC1CCOCC1)NC1CC1. The minimum atomic E-state index is 0.215. The molecule has 0 aromatic carbocycles. The molecule has 1 aliphatic carbocycles. The molecule has 2 rings (SSSR count). The maximum atomic E-state index is 9.20. The summed E-state index contributed by atoms with van der Waals surface area (Å²) in [5.74, 6) is 0. The van der Waals surface area contributed by atoms with Crippen molar-refractivity contribution in [2.75, 3.05) is 26.4 Å². The van der Waals surface area contributed by atoms with Crippen LogP contribution in [-0.4, -0.2) is 49.7 Å². The second-order valence-electron chi connectivity index (χ2n) is 4.79. The molecule has 0 radical (unpaired) electrons. The Morgan fingerprint density at radius 3 is 2.62 bits per heavy atom. The van der Waals surface area contributed by atoms with Gasteiger partial charge < -0.3 is 19.9 Å². The fourth-order valence-corrected chi connectivity index (χ4v) is 2.03. The number of hydrogen-bond donors (Lipinski definition) is 2. The van der Waals surface area contributed by atoms with Crippen LogP contribution in [0.15, 0.2) is 0 Å². The van der Waals surface area contributed by atoms with Crippen LogP contribution in [0.1, 0.15) is 32.1 Å². The summed E-state index contributed by atoms with van der Waals surface area (Å²) in [5.41, 5.74) is 0. The third-order valence-electron chi connectivity index (χ3n) is 3.26. The Hall–Kier alpha value is -0.160. The van der Waals surface area contributed by atoms with Crippen molar-refractivity contribution in [1.82, 2.24) is 5.32 Å². The van der Waals surface area contributed by atoms with Gasteiger partial charge in [-0.1, -0.05) is 0 Å². The van der Waals surface area contributed by atoms with Crippen molar-refractivity contribution in [1.29, 1.82) is 0 Å². The van der Waals surface area contributed by atoms with Crippen molar-refractivity contribution in [3.8, 4) is 0 Å². The topological polar surface area (TPSA) is 50.7 Å². The Bertz CT molecular complexity index is 191. The number of hydrogen-bond acceptors (Lipinski definition) is 4. The van der Waals surface area contributed by atoms with Crippen molar-refractivity contribution >= 4 is 0 Å². The third-order valence-corrected chi connectivity index (χ3v) is 3.26. The lowest BCUT2D eigenvalue weighted by Crippen LogP contribution is -2.36. The predicted octanol–water partition coefficient (Wildman–Crippen LogP) is 0.685. The maximum absolute atomic E-state index is 9.20. The zero-order valence-corrected chi connectivity index (χ0v) is 9.86. The number of ether oxygens (including phenoxy) is 2. The molecule has 0 aromatic heterocycles. The summed E-state index contributed by atoms with van der Waals surface area (Å²) in [6, 6.07) is 0.868. The molecule has 1 aliphatic heterocycles. The van der Waals surface area contributed by atoms with E-state index in [4.69, 9.17) is 9.47 Å². The summed E-state index contributed by atoms with van der Waals surface area (Å²) >= 11 is 0. The van der Waals surface area contributed by atoms with E-state index >= 15 is 0 Å². The van der Waals surface area contributed by atoms with E-state index in [0.717, 1.165) is 39.1 Å². The van der Waals surface area contributed by atoms with Crippen LogP contribution in [-0.2, 0) is 9.47 Å². The summed E-state index contributed by atoms with van der Waals surface area (Å²) in [5, 5.41) is 12.6. The minimum absolute atomic E-state index is 0.215. The van der Waals surface area contributed by atoms with E-state index in [1.54, 1.807) is 0 Å². The lowest BCUT2D eigenvalue weighted by molar-refractivity contribution is -0.0350. The summed E-state index contributed by atoms with van der Waals surface area (Å²) in [6.07, 6.45) is 5.83. The fraction of sp³-hybridized carbons (Fsp3) is 1.00. The lowest BCUT2D eigenvalue weighted by atomic mass is 10.1. The molecule has 0 bridgehead atoms. The van der Waals surface area contributed by atoms with Gasteiger partial charge in [-0.2, -0.15) is 0 Å². The molecule has 4 nitrogen and oxygen atoms in total. The van der Waals surface area contributed by atoms with Crippen molar-refractivity contribution in [2.24, 2.45) is 0 Å². The minimum Gasteiger partial charge on any atom is -0.395 e. The van der Waals surface area contributed by atoms with Crippen LogP contribution in [0.4, 0.5) is 0 Å². The van der Waals surface area contributed by atoms with E-state index in [1.165, 1.54) is 12.8 Å². The molecule has 4 heteroatoms. The van der Waals surface area contributed by atoms with Crippen LogP contribution in [0.2, 0.25) is 0 Å². The number of aliphatic hydroxyl groups is 1. The second kappa shape index (κ2) is 6.55. The van der Waals surface area contributed by atoms with Crippen LogP contribution in [0.5, 0.6) is 0 Å². The van der Waals surface area contributed by atoms with E-state index in [-0.39, 0.29) is 12.6 Å². The normalized spacial score (nSPS) is 24.6. The highest BCUT2D eigenvalue weighted by molar-refractivity contribution is 4.84. The summed E-state index contributed by atoms with van der Waals surface area (Å²) in [4.78, 5) is 0. The average molecular weight is 229 g/mol. The van der Waals surface area contributed by atoms with E-state index < -0.39 is 0 Å². The molecule has 1 saturated heterocycles. The van der Waals surface area contributed by atoms with Gasteiger partial charge in [-0.15, -0.1) is 0 Å². The summed E-state index contributed by atoms with van der Waals surface area (Å²) in [6.45, 7) is 2.62. The molecule has 0 amide bonds. The summed E-state index contributed by atoms with van der Waals surface area (Å²) < 4.78 is 11.1. The molecular formula is C12H23NO3. The van der Waals surface area contributed by atoms with Gasteiger partial charge >= 0.3 is 0 Å². The van der Waals surface area contributed by atoms with Gasteiger partial charge in [0.05, 0.1) is 12.7 Å². The molecule has 2 fully saturated rings. The van der Waals surface area contributed by atoms with Gasteiger partial charge in [0.15, 0.2) is 0 Å². The first-order valence-corrected chi connectivity index (χ1v) is 6.44. The Labute approximate surface area is 97.3 Å². The highest BCUT2D eigenvalue weighted by Gasteiger charge is 2.24. The van der Waals surface area contributed by atoms with Gasteiger partial charge in [-0.25, -0.2) is 0 Å². The molecular weight excluding hydrogens is 206 g/mol. The smallest absolute Gasteiger partial charge is 0.0619 e. The molecule has 0 spiro atoms. The highest BCUT2D eigenvalue weighted by Crippen LogP contribution is 2.20. The monoisotopic (exact) mass is 229 g/mol. The standard InChI is InChI=1S/C12H23NO3/c14-9-11(13-10-1-2-10)3-8-16-12-4-6-15-7-5-12/h10-14H,1-9H2. The molecule has 1 saturated carbocycles. The molecule has 94 valence electrons. The van der Waals surface area contributed by atoms with Gasteiger partial charge in [0, 0.05) is 31.9 Å². The van der Waals surface area contributed by atoms with Crippen molar-refractivity contribution in [3.63, 3.8) is 0 Å². The van der Waals surface area contributed by atoms with Crippen LogP contribution < -0.4 is 5.32 Å². The van der Waals surface area contributed by atoms with Gasteiger partial charge in [-0.3, -0.25) is 0 Å². The van der Waals surface area contributed by atoms with E-state index in [9.17, 15) is 5.11 Å². The zero-order chi connectivity index (χ0) is 11.2. The Morgan fingerprint density at radius 2 is 2.00 bits per heavy atom. The Kier molecular flexibility index (Phi) is 5.03. The summed E-state index contributed by atoms with van der Waals surface area (Å²) in [7, 11) is 0.